The molecule has 0 radical (unpaired) electrons. The van der Waals surface area contributed by atoms with Crippen LogP contribution >= 0.6 is 0 Å². The average molecular weight is 321 g/mol. The Kier molecular flexibility index (Phi) is 6.75. The highest BCUT2D eigenvalue weighted by molar-refractivity contribution is 5.96. The van der Waals surface area contributed by atoms with E-state index in [4.69, 9.17) is 4.74 Å². The largest absolute Gasteiger partial charge is 0.467 e. The third-order valence-corrected chi connectivity index (χ3v) is 2.88. The molecule has 0 saturated heterocycles. The molecule has 0 aliphatic carbocycles. The number of amides is 1. The highest BCUT2D eigenvalue weighted by Gasteiger charge is 2.24. The van der Waals surface area contributed by atoms with Gasteiger partial charge in [-0.1, -0.05) is 18.2 Å². The van der Waals surface area contributed by atoms with Crippen LogP contribution in [0, 0.1) is 0 Å². The van der Waals surface area contributed by atoms with E-state index >= 15 is 0 Å². The van der Waals surface area contributed by atoms with Gasteiger partial charge in [-0.2, -0.15) is 0 Å². The van der Waals surface area contributed by atoms with Crippen LogP contribution in [0.4, 0.5) is 0 Å². The zero-order valence-electron chi connectivity index (χ0n) is 13.9. The van der Waals surface area contributed by atoms with Gasteiger partial charge in [0.05, 0.1) is 7.11 Å². The molecule has 0 fully saturated rings. The Morgan fingerprint density at radius 2 is 1.74 bits per heavy atom. The number of nitrogens with one attached hydrogen (secondary N) is 1. The smallest absolute Gasteiger partial charge is 0.328 e. The van der Waals surface area contributed by atoms with Crippen molar-refractivity contribution in [1.29, 1.82) is 0 Å². The number of hydrogen-bond acceptors (Lipinski definition) is 5. The van der Waals surface area contributed by atoms with Crippen LogP contribution in [-0.4, -0.2) is 36.6 Å². The van der Waals surface area contributed by atoms with E-state index in [0.29, 0.717) is 5.56 Å². The Morgan fingerprint density at radius 1 is 1.13 bits per heavy atom. The molecule has 0 saturated carbocycles. The summed E-state index contributed by atoms with van der Waals surface area (Å²) in [5, 5.41) is 2.58. The lowest BCUT2D eigenvalue weighted by Crippen LogP contribution is -2.42. The van der Waals surface area contributed by atoms with Crippen molar-refractivity contribution in [3.05, 3.63) is 35.9 Å². The van der Waals surface area contributed by atoms with Crippen molar-refractivity contribution < 1.29 is 23.9 Å². The predicted molar refractivity (Wildman–Crippen MR) is 84.8 cm³/mol. The van der Waals surface area contributed by atoms with E-state index in [1.807, 2.05) is 0 Å². The van der Waals surface area contributed by atoms with Crippen molar-refractivity contribution in [3.8, 4) is 0 Å². The van der Waals surface area contributed by atoms with Crippen LogP contribution in [0.3, 0.4) is 0 Å². The monoisotopic (exact) mass is 321 g/mol. The number of hydrogen-bond donors (Lipinski definition) is 1. The molecule has 1 aromatic rings. The van der Waals surface area contributed by atoms with Gasteiger partial charge in [0.15, 0.2) is 0 Å². The summed E-state index contributed by atoms with van der Waals surface area (Å²) in [5.74, 6) is -1.43. The van der Waals surface area contributed by atoms with E-state index in [1.54, 1.807) is 51.1 Å². The van der Waals surface area contributed by atoms with Crippen molar-refractivity contribution in [2.24, 2.45) is 0 Å². The van der Waals surface area contributed by atoms with E-state index in [9.17, 15) is 14.4 Å². The SMILES string of the molecule is COC(=O)[C@H](CCC(=O)OC(C)(C)C)NC(=O)c1ccccc1. The molecule has 6 nitrogen and oxygen atoms in total. The van der Waals surface area contributed by atoms with Gasteiger partial charge < -0.3 is 14.8 Å². The first-order chi connectivity index (χ1) is 10.7. The minimum Gasteiger partial charge on any atom is -0.467 e. The van der Waals surface area contributed by atoms with Gasteiger partial charge in [-0.05, 0) is 39.3 Å². The molecule has 0 unspecified atom stereocenters. The fraction of sp³-hybridized carbons (Fsp3) is 0.471. The molecule has 0 heterocycles. The molecule has 126 valence electrons. The lowest BCUT2D eigenvalue weighted by molar-refractivity contribution is -0.155. The van der Waals surface area contributed by atoms with Crippen molar-refractivity contribution in [1.82, 2.24) is 5.32 Å². The number of esters is 2. The van der Waals surface area contributed by atoms with E-state index in [-0.39, 0.29) is 12.8 Å². The molecular formula is C17H23NO5. The molecule has 0 spiro atoms. The number of carbonyl (C=O) groups excluding carboxylic acids is 3. The standard InChI is InChI=1S/C17H23NO5/c1-17(2,3)23-14(19)11-10-13(16(21)22-4)18-15(20)12-8-6-5-7-9-12/h5-9,13H,10-11H2,1-4H3,(H,18,20)/t13-/m0/s1. The van der Waals surface area contributed by atoms with Crippen molar-refractivity contribution >= 4 is 17.8 Å². The van der Waals surface area contributed by atoms with Crippen LogP contribution in [0.5, 0.6) is 0 Å². The van der Waals surface area contributed by atoms with Gasteiger partial charge in [0.1, 0.15) is 11.6 Å². The average Bonchev–Trinajstić information content (AvgIpc) is 2.49. The van der Waals surface area contributed by atoms with Gasteiger partial charge in [0.2, 0.25) is 0 Å². The Hall–Kier alpha value is -2.37. The highest BCUT2D eigenvalue weighted by Crippen LogP contribution is 2.11. The van der Waals surface area contributed by atoms with E-state index in [0.717, 1.165) is 0 Å². The zero-order valence-corrected chi connectivity index (χ0v) is 13.9. The predicted octanol–water partition coefficient (Wildman–Crippen LogP) is 2.08. The molecule has 6 heteroatoms. The molecule has 0 aliphatic heterocycles. The van der Waals surface area contributed by atoms with Crippen molar-refractivity contribution in [2.45, 2.75) is 45.3 Å². The third-order valence-electron chi connectivity index (χ3n) is 2.88. The Bertz CT molecular complexity index is 548. The normalized spacial score (nSPS) is 12.2. The Labute approximate surface area is 136 Å². The Balaban J connectivity index is 2.65. The maximum Gasteiger partial charge on any atom is 0.328 e. The van der Waals surface area contributed by atoms with Crippen LogP contribution in [-0.2, 0) is 19.1 Å². The van der Waals surface area contributed by atoms with Gasteiger partial charge in [0, 0.05) is 12.0 Å². The summed E-state index contributed by atoms with van der Waals surface area (Å²) >= 11 is 0. The van der Waals surface area contributed by atoms with E-state index < -0.39 is 29.5 Å². The lowest BCUT2D eigenvalue weighted by atomic mass is 10.1. The van der Waals surface area contributed by atoms with Gasteiger partial charge >= 0.3 is 11.9 Å². The summed E-state index contributed by atoms with van der Waals surface area (Å²) in [5.41, 5.74) is -0.163. The molecule has 0 aromatic heterocycles. The first kappa shape index (κ1) is 18.7. The second-order valence-electron chi connectivity index (χ2n) is 6.04. The topological polar surface area (TPSA) is 81.7 Å². The van der Waals surface area contributed by atoms with Gasteiger partial charge in [-0.15, -0.1) is 0 Å². The maximum absolute atomic E-state index is 12.1. The van der Waals surface area contributed by atoms with Crippen LogP contribution in [0.2, 0.25) is 0 Å². The molecular weight excluding hydrogens is 298 g/mol. The van der Waals surface area contributed by atoms with Crippen LogP contribution in [0.15, 0.2) is 30.3 Å². The van der Waals surface area contributed by atoms with Crippen LogP contribution in [0.1, 0.15) is 44.0 Å². The van der Waals surface area contributed by atoms with Gasteiger partial charge in [-0.25, -0.2) is 4.79 Å². The summed E-state index contributed by atoms with van der Waals surface area (Å²) in [4.78, 5) is 35.6. The molecule has 1 aromatic carbocycles. The van der Waals surface area contributed by atoms with E-state index in [1.165, 1.54) is 7.11 Å². The third kappa shape index (κ3) is 6.95. The minimum absolute atomic E-state index is 0.00606. The second-order valence-corrected chi connectivity index (χ2v) is 6.04. The molecule has 1 atom stereocenters. The minimum atomic E-state index is -0.903. The number of methoxy groups -OCH3 is 1. The van der Waals surface area contributed by atoms with E-state index in [2.05, 4.69) is 10.1 Å². The number of benzene rings is 1. The summed E-state index contributed by atoms with van der Waals surface area (Å²) in [7, 11) is 1.23. The summed E-state index contributed by atoms with van der Waals surface area (Å²) in [6.45, 7) is 5.29. The fourth-order valence-corrected chi connectivity index (χ4v) is 1.88. The Morgan fingerprint density at radius 3 is 2.26 bits per heavy atom. The quantitative estimate of drug-likeness (QED) is 0.811. The fourth-order valence-electron chi connectivity index (χ4n) is 1.88. The maximum atomic E-state index is 12.1. The molecule has 1 rings (SSSR count). The summed E-state index contributed by atoms with van der Waals surface area (Å²) in [6, 6.07) is 7.61. The molecule has 1 amide bonds. The number of rotatable bonds is 6. The number of ether oxygens (including phenoxy) is 2. The highest BCUT2D eigenvalue weighted by atomic mass is 16.6. The molecule has 1 N–H and O–H groups in total. The van der Waals surface area contributed by atoms with Gasteiger partial charge in [-0.3, -0.25) is 9.59 Å². The lowest BCUT2D eigenvalue weighted by Gasteiger charge is -2.21. The van der Waals surface area contributed by atoms with Crippen molar-refractivity contribution in [2.75, 3.05) is 7.11 Å². The van der Waals surface area contributed by atoms with Crippen LogP contribution < -0.4 is 5.32 Å². The molecule has 0 aliphatic rings. The first-order valence-electron chi connectivity index (χ1n) is 7.38. The second kappa shape index (κ2) is 8.31. The van der Waals surface area contributed by atoms with Gasteiger partial charge in [0.25, 0.3) is 5.91 Å². The molecule has 23 heavy (non-hydrogen) atoms. The molecule has 0 bridgehead atoms. The first-order valence-corrected chi connectivity index (χ1v) is 7.38. The zero-order chi connectivity index (χ0) is 17.5. The summed E-state index contributed by atoms with van der Waals surface area (Å²) < 4.78 is 9.86. The summed E-state index contributed by atoms with van der Waals surface area (Å²) in [6.07, 6.45) is 0.117. The van der Waals surface area contributed by atoms with Crippen molar-refractivity contribution in [3.63, 3.8) is 0 Å². The van der Waals surface area contributed by atoms with Crippen LogP contribution in [0.25, 0.3) is 0 Å². The number of carbonyl (C=O) groups is 3.